The second-order valence-electron chi connectivity index (χ2n) is 5.03. The van der Waals surface area contributed by atoms with Crippen molar-refractivity contribution >= 4 is 28.3 Å². The zero-order valence-corrected chi connectivity index (χ0v) is 14.5. The molecule has 130 valence electrons. The number of phenols is 1. The molecule has 0 bridgehead atoms. The molecule has 3 N–H and O–H groups in total. The van der Waals surface area contributed by atoms with Gasteiger partial charge in [-0.05, 0) is 25.5 Å². The number of aromatic hydroxyl groups is 1. The van der Waals surface area contributed by atoms with Gasteiger partial charge in [-0.3, -0.25) is 0 Å². The third-order valence-electron chi connectivity index (χ3n) is 3.41. The largest absolute Gasteiger partial charge is 0.507 e. The molecule has 0 radical (unpaired) electrons. The number of carbonyl (C=O) groups excluding carboxylic acids is 2. The highest BCUT2D eigenvalue weighted by molar-refractivity contribution is 7.18. The van der Waals surface area contributed by atoms with E-state index < -0.39 is 11.9 Å². The summed E-state index contributed by atoms with van der Waals surface area (Å²) in [5.41, 5.74) is 6.56. The lowest BCUT2D eigenvalue weighted by molar-refractivity contribution is 0.0449. The third-order valence-corrected chi connectivity index (χ3v) is 4.45. The minimum Gasteiger partial charge on any atom is -0.507 e. The van der Waals surface area contributed by atoms with E-state index in [0.29, 0.717) is 5.56 Å². The topological polar surface area (TPSA) is 123 Å². The van der Waals surface area contributed by atoms with Crippen molar-refractivity contribution in [1.82, 2.24) is 0 Å². The molecule has 0 aliphatic carbocycles. The number of ether oxygens (including phenoxy) is 2. The molecule has 25 heavy (non-hydrogen) atoms. The number of nitrogen functional groups attached to an aromatic ring is 1. The van der Waals surface area contributed by atoms with Crippen LogP contribution in [0, 0.1) is 18.3 Å². The van der Waals surface area contributed by atoms with Gasteiger partial charge in [-0.2, -0.15) is 5.26 Å². The molecule has 8 heteroatoms. The number of nitriles is 1. The van der Waals surface area contributed by atoms with E-state index in [1.807, 2.05) is 6.07 Å². The van der Waals surface area contributed by atoms with E-state index in [9.17, 15) is 20.0 Å². The SMILES string of the molecule is CCOC(=O)c1sc(N)c(C#N)c1COC(=O)c1cccc(C)c1O. The lowest BCUT2D eigenvalue weighted by atomic mass is 10.1. The summed E-state index contributed by atoms with van der Waals surface area (Å²) in [6, 6.07) is 6.58. The fourth-order valence-electron chi connectivity index (χ4n) is 2.15. The molecule has 7 nitrogen and oxygen atoms in total. The molecule has 0 saturated carbocycles. The average molecular weight is 360 g/mol. The summed E-state index contributed by atoms with van der Waals surface area (Å²) in [5.74, 6) is -1.58. The minimum absolute atomic E-state index is 0.000561. The van der Waals surface area contributed by atoms with Gasteiger partial charge in [0.2, 0.25) is 0 Å². The quantitative estimate of drug-likeness (QED) is 0.786. The summed E-state index contributed by atoms with van der Waals surface area (Å²) in [6.45, 7) is 3.13. The number of para-hydroxylation sites is 1. The Labute approximate surface area is 148 Å². The Balaban J connectivity index is 2.28. The molecule has 0 fully saturated rings. The number of aryl methyl sites for hydroxylation is 1. The van der Waals surface area contributed by atoms with Crippen LogP contribution in [0.25, 0.3) is 0 Å². The van der Waals surface area contributed by atoms with Crippen molar-refractivity contribution in [3.63, 3.8) is 0 Å². The van der Waals surface area contributed by atoms with Crippen molar-refractivity contribution in [3.8, 4) is 11.8 Å². The second kappa shape index (κ2) is 7.68. The first-order valence-corrected chi connectivity index (χ1v) is 8.16. The molecule has 0 spiro atoms. The van der Waals surface area contributed by atoms with E-state index in [4.69, 9.17) is 15.2 Å². The summed E-state index contributed by atoms with van der Waals surface area (Å²) in [5, 5.41) is 19.3. The zero-order chi connectivity index (χ0) is 18.6. The minimum atomic E-state index is -0.773. The first kappa shape index (κ1) is 18.3. The molecule has 0 atom stereocenters. The first-order chi connectivity index (χ1) is 11.9. The number of nitrogens with zero attached hydrogens (tertiary/aromatic N) is 1. The van der Waals surface area contributed by atoms with Gasteiger partial charge in [0.05, 0.1) is 12.2 Å². The van der Waals surface area contributed by atoms with E-state index in [0.717, 1.165) is 11.3 Å². The van der Waals surface area contributed by atoms with Crippen molar-refractivity contribution in [2.75, 3.05) is 12.3 Å². The summed E-state index contributed by atoms with van der Waals surface area (Å²) in [6.07, 6.45) is 0. The van der Waals surface area contributed by atoms with Crippen LogP contribution in [-0.2, 0) is 16.1 Å². The molecule has 0 amide bonds. The number of nitrogens with two attached hydrogens (primary N) is 1. The van der Waals surface area contributed by atoms with Gasteiger partial charge in [0.1, 0.15) is 33.9 Å². The molecule has 0 unspecified atom stereocenters. The van der Waals surface area contributed by atoms with Crippen molar-refractivity contribution in [1.29, 1.82) is 5.26 Å². The van der Waals surface area contributed by atoms with Crippen LogP contribution in [0.3, 0.4) is 0 Å². The molecule has 0 aliphatic rings. The first-order valence-electron chi connectivity index (χ1n) is 7.34. The van der Waals surface area contributed by atoms with Crippen LogP contribution in [0.2, 0.25) is 0 Å². The van der Waals surface area contributed by atoms with Crippen LogP contribution in [0.4, 0.5) is 5.00 Å². The van der Waals surface area contributed by atoms with Crippen LogP contribution in [0.5, 0.6) is 5.75 Å². The lowest BCUT2D eigenvalue weighted by Gasteiger charge is -2.09. The summed E-state index contributed by atoms with van der Waals surface area (Å²) in [4.78, 5) is 24.3. The fourth-order valence-corrected chi connectivity index (χ4v) is 3.06. The Bertz CT molecular complexity index is 867. The molecular formula is C17H16N2O5S. The van der Waals surface area contributed by atoms with Crippen LogP contribution in [0.15, 0.2) is 18.2 Å². The zero-order valence-electron chi connectivity index (χ0n) is 13.7. The number of anilines is 1. The molecule has 1 heterocycles. The van der Waals surface area contributed by atoms with Gasteiger partial charge in [-0.25, -0.2) is 9.59 Å². The van der Waals surface area contributed by atoms with Crippen LogP contribution in [-0.4, -0.2) is 23.7 Å². The molecule has 1 aromatic heterocycles. The monoisotopic (exact) mass is 360 g/mol. The average Bonchev–Trinajstić information content (AvgIpc) is 2.91. The Kier molecular flexibility index (Phi) is 5.62. The number of hydrogen-bond acceptors (Lipinski definition) is 8. The van der Waals surface area contributed by atoms with E-state index in [2.05, 4.69) is 0 Å². The highest BCUT2D eigenvalue weighted by Gasteiger charge is 2.24. The molecule has 1 aromatic carbocycles. The highest BCUT2D eigenvalue weighted by atomic mass is 32.1. The van der Waals surface area contributed by atoms with Crippen molar-refractivity contribution < 1.29 is 24.2 Å². The lowest BCUT2D eigenvalue weighted by Crippen LogP contribution is -2.10. The van der Waals surface area contributed by atoms with Gasteiger partial charge in [0.25, 0.3) is 0 Å². The smallest absolute Gasteiger partial charge is 0.348 e. The number of phenolic OH excluding ortho intramolecular Hbond substituents is 1. The number of esters is 2. The van der Waals surface area contributed by atoms with Crippen molar-refractivity contribution in [2.45, 2.75) is 20.5 Å². The molecule has 2 rings (SSSR count). The maximum absolute atomic E-state index is 12.2. The highest BCUT2D eigenvalue weighted by Crippen LogP contribution is 2.32. The maximum Gasteiger partial charge on any atom is 0.348 e. The number of carbonyl (C=O) groups is 2. The fraction of sp³-hybridized carbons (Fsp3) is 0.235. The Morgan fingerprint density at radius 2 is 2.04 bits per heavy atom. The number of rotatable bonds is 5. The van der Waals surface area contributed by atoms with Crippen molar-refractivity contribution in [2.24, 2.45) is 0 Å². The van der Waals surface area contributed by atoms with E-state index in [1.54, 1.807) is 26.0 Å². The van der Waals surface area contributed by atoms with Crippen molar-refractivity contribution in [3.05, 3.63) is 45.3 Å². The predicted octanol–water partition coefficient (Wildman–Crippen LogP) is 2.75. The van der Waals surface area contributed by atoms with Gasteiger partial charge in [-0.1, -0.05) is 12.1 Å². The summed E-state index contributed by atoms with van der Waals surface area (Å²) < 4.78 is 10.1. The van der Waals surface area contributed by atoms with Gasteiger partial charge in [0, 0.05) is 5.56 Å². The molecule has 0 aliphatic heterocycles. The van der Waals surface area contributed by atoms with Gasteiger partial charge in [-0.15, -0.1) is 11.3 Å². The van der Waals surface area contributed by atoms with Gasteiger partial charge < -0.3 is 20.3 Å². The summed E-state index contributed by atoms with van der Waals surface area (Å²) >= 11 is 0.907. The normalized spacial score (nSPS) is 10.1. The summed E-state index contributed by atoms with van der Waals surface area (Å²) in [7, 11) is 0. The Morgan fingerprint density at radius 3 is 2.68 bits per heavy atom. The third kappa shape index (κ3) is 3.72. The molecule has 0 saturated heterocycles. The second-order valence-corrected chi connectivity index (χ2v) is 6.08. The number of benzene rings is 1. The van der Waals surface area contributed by atoms with E-state index in [-0.39, 0.29) is 45.5 Å². The Hall–Kier alpha value is -3.05. The van der Waals surface area contributed by atoms with Gasteiger partial charge in [0.15, 0.2) is 0 Å². The van der Waals surface area contributed by atoms with Crippen LogP contribution >= 0.6 is 11.3 Å². The number of thiophene rings is 1. The van der Waals surface area contributed by atoms with Gasteiger partial charge >= 0.3 is 11.9 Å². The Morgan fingerprint density at radius 1 is 1.32 bits per heavy atom. The molecular weight excluding hydrogens is 344 g/mol. The maximum atomic E-state index is 12.2. The van der Waals surface area contributed by atoms with Crippen LogP contribution < -0.4 is 5.73 Å². The van der Waals surface area contributed by atoms with Crippen LogP contribution in [0.1, 0.15) is 43.6 Å². The predicted molar refractivity (Wildman–Crippen MR) is 91.4 cm³/mol. The standard InChI is InChI=1S/C17H16N2O5S/c1-3-23-17(22)14-12(11(7-18)15(19)25-14)8-24-16(21)10-6-4-5-9(2)13(10)20/h4-6,20H,3,8,19H2,1-2H3. The van der Waals surface area contributed by atoms with E-state index >= 15 is 0 Å². The van der Waals surface area contributed by atoms with E-state index in [1.165, 1.54) is 6.07 Å². The number of hydrogen-bond donors (Lipinski definition) is 2. The molecule has 2 aromatic rings.